The molecule has 0 saturated carbocycles. The normalized spacial score (nSPS) is 18.9. The molecule has 3 rings (SSSR count). The molecule has 0 radical (unpaired) electrons. The van der Waals surface area contributed by atoms with E-state index in [0.717, 1.165) is 38.2 Å². The van der Waals surface area contributed by atoms with Crippen molar-refractivity contribution in [1.29, 1.82) is 0 Å². The molecule has 5 nitrogen and oxygen atoms in total. The molecule has 0 amide bonds. The van der Waals surface area contributed by atoms with E-state index in [-0.39, 0.29) is 6.54 Å². The van der Waals surface area contributed by atoms with Gasteiger partial charge in [-0.2, -0.15) is 5.10 Å². The number of carboxylic acids is 1. The number of carboxylic acid groups (broad SMARTS) is 1. The molecule has 0 aliphatic carbocycles. The average Bonchev–Trinajstić information content (AvgIpc) is 3.04. The van der Waals surface area contributed by atoms with E-state index in [1.54, 1.807) is 6.20 Å². The van der Waals surface area contributed by atoms with Crippen LogP contribution in [-0.4, -0.2) is 45.4 Å². The molecule has 1 aromatic heterocycles. The maximum Gasteiger partial charge on any atom is 0.325 e. The molecule has 1 atom stereocenters. The Morgan fingerprint density at radius 3 is 2.92 bits per heavy atom. The molecule has 1 fully saturated rings. The van der Waals surface area contributed by atoms with Crippen LogP contribution < -0.4 is 0 Å². The summed E-state index contributed by atoms with van der Waals surface area (Å²) < 4.78 is 1.51. The Balaban J connectivity index is 1.55. The number of rotatable bonds is 6. The molecular weight excluding hydrogens is 302 g/mol. The van der Waals surface area contributed by atoms with Crippen LogP contribution in [0, 0.1) is 0 Å². The van der Waals surface area contributed by atoms with Gasteiger partial charge in [-0.05, 0) is 31.0 Å². The first-order valence-corrected chi connectivity index (χ1v) is 8.40. The van der Waals surface area contributed by atoms with Crippen LogP contribution in [0.2, 0.25) is 0 Å². The molecule has 2 heterocycles. The summed E-state index contributed by atoms with van der Waals surface area (Å²) in [4.78, 5) is 13.2. The Hall–Kier alpha value is -2.40. The van der Waals surface area contributed by atoms with Crippen LogP contribution in [-0.2, 0) is 11.3 Å². The van der Waals surface area contributed by atoms with Gasteiger partial charge in [-0.3, -0.25) is 14.4 Å². The van der Waals surface area contributed by atoms with Gasteiger partial charge in [-0.15, -0.1) is 0 Å². The number of carbonyl (C=O) groups is 1. The van der Waals surface area contributed by atoms with Gasteiger partial charge in [0.25, 0.3) is 0 Å². The lowest BCUT2D eigenvalue weighted by Gasteiger charge is -2.31. The Kier molecular flexibility index (Phi) is 5.43. The molecule has 5 heteroatoms. The summed E-state index contributed by atoms with van der Waals surface area (Å²) in [6, 6.07) is 12.3. The van der Waals surface area contributed by atoms with E-state index < -0.39 is 5.97 Å². The number of likely N-dealkylation sites (tertiary alicyclic amines) is 1. The molecule has 0 spiro atoms. The fraction of sp³-hybridized carbons (Fsp3) is 0.368. The van der Waals surface area contributed by atoms with Crippen molar-refractivity contribution in [2.75, 3.05) is 19.6 Å². The molecule has 1 aromatic carbocycles. The third kappa shape index (κ3) is 4.55. The van der Waals surface area contributed by atoms with Gasteiger partial charge < -0.3 is 5.11 Å². The maximum absolute atomic E-state index is 10.8. The first kappa shape index (κ1) is 16.5. The zero-order chi connectivity index (χ0) is 16.8. The predicted octanol–water partition coefficient (Wildman–Crippen LogP) is 2.86. The van der Waals surface area contributed by atoms with Crippen molar-refractivity contribution >= 4 is 12.0 Å². The van der Waals surface area contributed by atoms with Crippen LogP contribution in [0.15, 0.2) is 48.7 Å². The largest absolute Gasteiger partial charge is 0.480 e. The Bertz CT molecular complexity index is 694. The maximum atomic E-state index is 10.8. The highest BCUT2D eigenvalue weighted by molar-refractivity contribution is 5.66. The van der Waals surface area contributed by atoms with Crippen molar-refractivity contribution in [1.82, 2.24) is 14.7 Å². The molecule has 1 aliphatic heterocycles. The van der Waals surface area contributed by atoms with Gasteiger partial charge in [-0.25, -0.2) is 0 Å². The van der Waals surface area contributed by atoms with E-state index in [4.69, 9.17) is 5.11 Å². The van der Waals surface area contributed by atoms with E-state index in [2.05, 4.69) is 34.3 Å². The monoisotopic (exact) mass is 325 g/mol. The van der Waals surface area contributed by atoms with Crippen LogP contribution in [0.5, 0.6) is 0 Å². The van der Waals surface area contributed by atoms with Crippen molar-refractivity contribution in [3.63, 3.8) is 0 Å². The summed E-state index contributed by atoms with van der Waals surface area (Å²) in [5.41, 5.74) is 2.23. The van der Waals surface area contributed by atoms with Gasteiger partial charge in [-0.1, -0.05) is 42.5 Å². The first-order chi connectivity index (χ1) is 11.7. The molecule has 1 N–H and O–H groups in total. The van der Waals surface area contributed by atoms with Crippen LogP contribution >= 0.6 is 0 Å². The minimum Gasteiger partial charge on any atom is -0.480 e. The highest BCUT2D eigenvalue weighted by atomic mass is 16.4. The Labute approximate surface area is 142 Å². The van der Waals surface area contributed by atoms with Crippen molar-refractivity contribution in [2.24, 2.45) is 0 Å². The van der Waals surface area contributed by atoms with Crippen molar-refractivity contribution < 1.29 is 9.90 Å². The molecule has 2 aromatic rings. The van der Waals surface area contributed by atoms with Gasteiger partial charge in [0.05, 0.1) is 5.69 Å². The lowest BCUT2D eigenvalue weighted by Crippen LogP contribution is -2.34. The molecule has 24 heavy (non-hydrogen) atoms. The second-order valence-electron chi connectivity index (χ2n) is 6.24. The van der Waals surface area contributed by atoms with Crippen LogP contribution in [0.25, 0.3) is 6.08 Å². The van der Waals surface area contributed by atoms with E-state index in [1.165, 1.54) is 10.2 Å². The molecule has 0 bridgehead atoms. The number of aliphatic carboxylic acids is 1. The number of nitrogens with zero attached hydrogens (tertiary/aromatic N) is 3. The van der Waals surface area contributed by atoms with E-state index >= 15 is 0 Å². The summed E-state index contributed by atoms with van der Waals surface area (Å²) in [7, 11) is 0. The van der Waals surface area contributed by atoms with Crippen LogP contribution in [0.1, 0.15) is 30.0 Å². The highest BCUT2D eigenvalue weighted by Gasteiger charge is 2.22. The minimum absolute atomic E-state index is 0.0732. The number of benzene rings is 1. The van der Waals surface area contributed by atoms with Crippen molar-refractivity contribution in [3.8, 4) is 0 Å². The summed E-state index contributed by atoms with van der Waals surface area (Å²) in [6.07, 6.45) is 8.39. The summed E-state index contributed by atoms with van der Waals surface area (Å²) >= 11 is 0. The Morgan fingerprint density at radius 1 is 1.29 bits per heavy atom. The van der Waals surface area contributed by atoms with Gasteiger partial charge >= 0.3 is 5.97 Å². The Morgan fingerprint density at radius 2 is 2.12 bits per heavy atom. The molecular formula is C19H23N3O2. The van der Waals surface area contributed by atoms with Gasteiger partial charge in [0.15, 0.2) is 0 Å². The summed E-state index contributed by atoms with van der Waals surface area (Å²) in [6.45, 7) is 2.94. The lowest BCUT2D eigenvalue weighted by atomic mass is 9.95. The van der Waals surface area contributed by atoms with Crippen molar-refractivity contribution in [2.45, 2.75) is 25.3 Å². The summed E-state index contributed by atoms with van der Waals surface area (Å²) in [5.74, 6) is -0.472. The summed E-state index contributed by atoms with van der Waals surface area (Å²) in [5, 5.41) is 13.3. The van der Waals surface area contributed by atoms with E-state index in [0.29, 0.717) is 5.92 Å². The van der Waals surface area contributed by atoms with Gasteiger partial charge in [0.2, 0.25) is 0 Å². The predicted molar refractivity (Wildman–Crippen MR) is 93.8 cm³/mol. The van der Waals surface area contributed by atoms with Crippen LogP contribution in [0.3, 0.4) is 0 Å². The van der Waals surface area contributed by atoms with Gasteiger partial charge in [0.1, 0.15) is 6.54 Å². The molecule has 1 aliphatic rings. The third-order valence-electron chi connectivity index (χ3n) is 4.36. The number of aromatic nitrogens is 2. The lowest BCUT2D eigenvalue weighted by molar-refractivity contribution is -0.137. The van der Waals surface area contributed by atoms with E-state index in [1.807, 2.05) is 24.3 Å². The molecule has 0 unspecified atom stereocenters. The highest BCUT2D eigenvalue weighted by Crippen LogP contribution is 2.25. The molecule has 1 saturated heterocycles. The second kappa shape index (κ2) is 7.93. The quantitative estimate of drug-likeness (QED) is 0.887. The number of hydrogen-bond acceptors (Lipinski definition) is 3. The van der Waals surface area contributed by atoms with Gasteiger partial charge in [0, 0.05) is 25.2 Å². The zero-order valence-corrected chi connectivity index (χ0v) is 13.7. The minimum atomic E-state index is -0.860. The third-order valence-corrected chi connectivity index (χ3v) is 4.36. The molecule has 126 valence electrons. The standard InChI is InChI=1S/C19H23N3O2/c23-19(24)15-22-13-10-18(20-22)17-9-5-12-21(14-17)11-4-8-16-6-2-1-3-7-16/h1-4,6-8,10,13,17H,5,9,11-12,14-15H2,(H,23,24)/b8-4+/t17-/m0/s1. The average molecular weight is 325 g/mol. The smallest absolute Gasteiger partial charge is 0.325 e. The second-order valence-corrected chi connectivity index (χ2v) is 6.24. The number of piperidine rings is 1. The SMILES string of the molecule is O=C(O)Cn1ccc([C@H]2CCCN(C/C=C/c3ccccc3)C2)n1. The van der Waals surface area contributed by atoms with E-state index in [9.17, 15) is 4.79 Å². The number of hydrogen-bond donors (Lipinski definition) is 1. The zero-order valence-electron chi connectivity index (χ0n) is 13.7. The fourth-order valence-electron chi connectivity index (χ4n) is 3.19. The fourth-order valence-corrected chi connectivity index (χ4v) is 3.19. The van der Waals surface area contributed by atoms with Crippen molar-refractivity contribution in [3.05, 3.63) is 59.9 Å². The topological polar surface area (TPSA) is 58.4 Å². The van der Waals surface area contributed by atoms with Crippen LogP contribution in [0.4, 0.5) is 0 Å². The first-order valence-electron chi connectivity index (χ1n) is 8.40.